The highest BCUT2D eigenvalue weighted by molar-refractivity contribution is 5.95. The lowest BCUT2D eigenvalue weighted by Gasteiger charge is -2.11. The summed E-state index contributed by atoms with van der Waals surface area (Å²) in [4.78, 5) is 12.1. The summed E-state index contributed by atoms with van der Waals surface area (Å²) in [6, 6.07) is 18.1. The van der Waals surface area contributed by atoms with Gasteiger partial charge in [-0.25, -0.2) is 9.82 Å². The first kappa shape index (κ1) is 20.9. The van der Waals surface area contributed by atoms with Gasteiger partial charge in [-0.2, -0.15) is 5.10 Å². The summed E-state index contributed by atoms with van der Waals surface area (Å²) in [6.45, 7) is 0.280. The maximum atomic E-state index is 13.0. The van der Waals surface area contributed by atoms with E-state index in [-0.39, 0.29) is 18.3 Å². The molecule has 0 spiro atoms. The van der Waals surface area contributed by atoms with Crippen LogP contribution < -0.4 is 19.6 Å². The number of hydrogen-bond donors (Lipinski definition) is 1. The Hall–Kier alpha value is -3.87. The molecule has 6 nitrogen and oxygen atoms in total. The standard InChI is InChI=1S/C23H21FN2O4/c1-28-20-10-6-18(7-11-20)23(27)26-25-14-17-5-12-21(22(13-17)29-2)30-15-16-3-8-19(24)9-4-16/h3-14H,15H2,1-2H3,(H,26,27). The van der Waals surface area contributed by atoms with Crippen molar-refractivity contribution in [2.24, 2.45) is 5.10 Å². The van der Waals surface area contributed by atoms with E-state index in [9.17, 15) is 9.18 Å². The molecule has 0 heterocycles. The number of halogens is 1. The van der Waals surface area contributed by atoms with Gasteiger partial charge in [0.1, 0.15) is 18.2 Å². The number of amides is 1. The molecule has 0 bridgehead atoms. The normalized spacial score (nSPS) is 10.6. The number of carbonyl (C=O) groups excluding carboxylic acids is 1. The van der Waals surface area contributed by atoms with Crippen LogP contribution in [0.5, 0.6) is 17.2 Å². The van der Waals surface area contributed by atoms with E-state index in [1.807, 2.05) is 0 Å². The molecule has 1 amide bonds. The Balaban J connectivity index is 1.60. The molecule has 154 valence electrons. The Bertz CT molecular complexity index is 1020. The van der Waals surface area contributed by atoms with E-state index < -0.39 is 0 Å². The number of nitrogens with zero attached hydrogens (tertiary/aromatic N) is 1. The second-order valence-corrected chi connectivity index (χ2v) is 6.25. The van der Waals surface area contributed by atoms with Crippen molar-refractivity contribution in [1.29, 1.82) is 0 Å². The van der Waals surface area contributed by atoms with Gasteiger partial charge < -0.3 is 14.2 Å². The maximum Gasteiger partial charge on any atom is 0.271 e. The molecular formula is C23H21FN2O4. The van der Waals surface area contributed by atoms with E-state index in [0.717, 1.165) is 11.1 Å². The third-order valence-corrected chi connectivity index (χ3v) is 4.23. The molecule has 7 heteroatoms. The number of nitrogens with one attached hydrogen (secondary N) is 1. The Labute approximate surface area is 173 Å². The fourth-order valence-corrected chi connectivity index (χ4v) is 2.60. The predicted octanol–water partition coefficient (Wildman–Crippen LogP) is 4.19. The van der Waals surface area contributed by atoms with Crippen molar-refractivity contribution < 1.29 is 23.4 Å². The number of methoxy groups -OCH3 is 2. The second-order valence-electron chi connectivity index (χ2n) is 6.25. The lowest BCUT2D eigenvalue weighted by molar-refractivity contribution is 0.0955. The van der Waals surface area contributed by atoms with Crippen LogP contribution in [-0.4, -0.2) is 26.3 Å². The molecule has 0 unspecified atom stereocenters. The first-order valence-electron chi connectivity index (χ1n) is 9.12. The van der Waals surface area contributed by atoms with Crippen molar-refractivity contribution in [2.75, 3.05) is 14.2 Å². The van der Waals surface area contributed by atoms with Crippen molar-refractivity contribution in [3.63, 3.8) is 0 Å². The Kier molecular flexibility index (Phi) is 7.00. The van der Waals surface area contributed by atoms with Crippen LogP contribution in [0, 0.1) is 5.82 Å². The molecule has 0 atom stereocenters. The first-order chi connectivity index (χ1) is 14.6. The molecule has 0 aliphatic carbocycles. The third-order valence-electron chi connectivity index (χ3n) is 4.23. The van der Waals surface area contributed by atoms with Crippen LogP contribution in [0.1, 0.15) is 21.5 Å². The van der Waals surface area contributed by atoms with E-state index in [1.165, 1.54) is 25.5 Å². The fourth-order valence-electron chi connectivity index (χ4n) is 2.60. The van der Waals surface area contributed by atoms with Gasteiger partial charge in [0, 0.05) is 5.56 Å². The molecule has 0 saturated heterocycles. The molecule has 0 saturated carbocycles. The number of ether oxygens (including phenoxy) is 3. The number of rotatable bonds is 8. The van der Waals surface area contributed by atoms with Gasteiger partial charge in [0.05, 0.1) is 20.4 Å². The minimum Gasteiger partial charge on any atom is -0.497 e. The van der Waals surface area contributed by atoms with Crippen LogP contribution in [0.15, 0.2) is 71.8 Å². The van der Waals surface area contributed by atoms with Gasteiger partial charge in [0.25, 0.3) is 5.91 Å². The van der Waals surface area contributed by atoms with Gasteiger partial charge in [0.15, 0.2) is 11.5 Å². The zero-order chi connectivity index (χ0) is 21.3. The topological polar surface area (TPSA) is 69.2 Å². The summed E-state index contributed by atoms with van der Waals surface area (Å²) in [5.41, 5.74) is 4.50. The van der Waals surface area contributed by atoms with Gasteiger partial charge >= 0.3 is 0 Å². The SMILES string of the molecule is COc1ccc(C(=O)NN=Cc2ccc(OCc3ccc(F)cc3)c(OC)c2)cc1. The molecule has 0 aliphatic rings. The van der Waals surface area contributed by atoms with Crippen LogP contribution in [0.4, 0.5) is 4.39 Å². The second kappa shape index (κ2) is 10.1. The van der Waals surface area contributed by atoms with E-state index in [4.69, 9.17) is 14.2 Å². The van der Waals surface area contributed by atoms with Crippen LogP contribution in [-0.2, 0) is 6.61 Å². The quantitative estimate of drug-likeness (QED) is 0.448. The Morgan fingerprint density at radius 2 is 1.70 bits per heavy atom. The Morgan fingerprint density at radius 1 is 0.967 bits per heavy atom. The zero-order valence-electron chi connectivity index (χ0n) is 16.6. The predicted molar refractivity (Wildman–Crippen MR) is 112 cm³/mol. The Morgan fingerprint density at radius 3 is 2.37 bits per heavy atom. The summed E-state index contributed by atoms with van der Waals surface area (Å²) in [5.74, 6) is 1.10. The average molecular weight is 408 g/mol. The molecular weight excluding hydrogens is 387 g/mol. The smallest absolute Gasteiger partial charge is 0.271 e. The minimum atomic E-state index is -0.333. The lowest BCUT2D eigenvalue weighted by atomic mass is 10.2. The first-order valence-corrected chi connectivity index (χ1v) is 9.12. The van der Waals surface area contributed by atoms with Gasteiger partial charge in [0.2, 0.25) is 0 Å². The van der Waals surface area contributed by atoms with Crippen molar-refractivity contribution in [1.82, 2.24) is 5.43 Å². The van der Waals surface area contributed by atoms with Crippen LogP contribution in [0.2, 0.25) is 0 Å². The number of hydrogen-bond acceptors (Lipinski definition) is 5. The lowest BCUT2D eigenvalue weighted by Crippen LogP contribution is -2.17. The van der Waals surface area contributed by atoms with Gasteiger partial charge in [-0.1, -0.05) is 12.1 Å². The van der Waals surface area contributed by atoms with Crippen LogP contribution >= 0.6 is 0 Å². The van der Waals surface area contributed by atoms with Gasteiger partial charge in [-0.3, -0.25) is 4.79 Å². The molecule has 3 aromatic rings. The van der Waals surface area contributed by atoms with Crippen LogP contribution in [0.25, 0.3) is 0 Å². The molecule has 0 aromatic heterocycles. The third kappa shape index (κ3) is 5.57. The van der Waals surface area contributed by atoms with Gasteiger partial charge in [-0.15, -0.1) is 0 Å². The summed E-state index contributed by atoms with van der Waals surface area (Å²) in [7, 11) is 3.10. The largest absolute Gasteiger partial charge is 0.497 e. The number of carbonyl (C=O) groups is 1. The average Bonchev–Trinajstić information content (AvgIpc) is 2.79. The highest BCUT2D eigenvalue weighted by Crippen LogP contribution is 2.28. The summed E-state index contributed by atoms with van der Waals surface area (Å²) >= 11 is 0. The molecule has 0 fully saturated rings. The molecule has 3 aromatic carbocycles. The highest BCUT2D eigenvalue weighted by Gasteiger charge is 2.07. The van der Waals surface area contributed by atoms with E-state index in [2.05, 4.69) is 10.5 Å². The molecule has 1 N–H and O–H groups in total. The van der Waals surface area contributed by atoms with E-state index >= 15 is 0 Å². The number of hydrazone groups is 1. The number of benzene rings is 3. The highest BCUT2D eigenvalue weighted by atomic mass is 19.1. The molecule has 30 heavy (non-hydrogen) atoms. The fraction of sp³-hybridized carbons (Fsp3) is 0.130. The summed E-state index contributed by atoms with van der Waals surface area (Å²) in [5, 5.41) is 3.98. The van der Waals surface area contributed by atoms with Crippen LogP contribution in [0.3, 0.4) is 0 Å². The minimum absolute atomic E-state index is 0.280. The maximum absolute atomic E-state index is 13.0. The van der Waals surface area contributed by atoms with Crippen molar-refractivity contribution in [2.45, 2.75) is 6.61 Å². The monoisotopic (exact) mass is 408 g/mol. The molecule has 3 rings (SSSR count). The molecule has 0 radical (unpaired) electrons. The van der Waals surface area contributed by atoms with E-state index in [0.29, 0.717) is 22.8 Å². The van der Waals surface area contributed by atoms with E-state index in [1.54, 1.807) is 61.7 Å². The van der Waals surface area contributed by atoms with Crippen molar-refractivity contribution >= 4 is 12.1 Å². The van der Waals surface area contributed by atoms with Gasteiger partial charge in [-0.05, 0) is 65.7 Å². The van der Waals surface area contributed by atoms with Crippen molar-refractivity contribution in [3.05, 3.63) is 89.2 Å². The molecule has 0 aliphatic heterocycles. The zero-order valence-corrected chi connectivity index (χ0v) is 16.6. The summed E-state index contributed by atoms with van der Waals surface area (Å²) in [6.07, 6.45) is 1.51. The van der Waals surface area contributed by atoms with Crippen molar-refractivity contribution in [3.8, 4) is 17.2 Å². The summed E-state index contributed by atoms with van der Waals surface area (Å²) < 4.78 is 29.2.